The van der Waals surface area contributed by atoms with Crippen LogP contribution in [0.4, 0.5) is 0 Å². The molecule has 41 heavy (non-hydrogen) atoms. The summed E-state index contributed by atoms with van der Waals surface area (Å²) in [5.74, 6) is -1.36. The molecule has 11 nitrogen and oxygen atoms in total. The molecule has 11 heteroatoms. The van der Waals surface area contributed by atoms with Crippen molar-refractivity contribution >= 4 is 12.3 Å². The van der Waals surface area contributed by atoms with Crippen LogP contribution >= 0.6 is 0 Å². The van der Waals surface area contributed by atoms with Crippen LogP contribution in [-0.2, 0) is 28.5 Å². The van der Waals surface area contributed by atoms with Gasteiger partial charge in [0.2, 0.25) is 0 Å². The monoisotopic (exact) mass is 580 g/mol. The second-order valence-corrected chi connectivity index (χ2v) is 13.7. The highest BCUT2D eigenvalue weighted by Crippen LogP contribution is 2.70. The fourth-order valence-electron chi connectivity index (χ4n) is 9.98. The molecule has 0 aromatic rings. The summed E-state index contributed by atoms with van der Waals surface area (Å²) in [4.78, 5) is 24.9. The number of hydrogen-bond donors (Lipinski definition) is 5. The Balaban J connectivity index is 1.25. The molecule has 0 aromatic carbocycles. The molecule has 0 spiro atoms. The quantitative estimate of drug-likeness (QED) is 0.173. The van der Waals surface area contributed by atoms with Crippen LogP contribution in [0.1, 0.15) is 65.2 Å². The van der Waals surface area contributed by atoms with Crippen molar-refractivity contribution < 1.29 is 54.1 Å². The lowest BCUT2D eigenvalue weighted by Crippen LogP contribution is -2.71. The lowest BCUT2D eigenvalue weighted by Gasteiger charge is -2.66. The molecule has 6 rings (SSSR count). The molecule has 6 aliphatic rings. The molecule has 4 saturated carbocycles. The predicted octanol–water partition coefficient (Wildman–Crippen LogP) is 0.375. The van der Waals surface area contributed by atoms with Gasteiger partial charge in [-0.3, -0.25) is 0 Å². The van der Waals surface area contributed by atoms with E-state index in [4.69, 9.17) is 18.9 Å². The van der Waals surface area contributed by atoms with Crippen LogP contribution < -0.4 is 0 Å². The number of ether oxygens (including phenoxy) is 4. The minimum atomic E-state index is -1.42. The Labute approximate surface area is 239 Å². The zero-order chi connectivity index (χ0) is 29.5. The third-order valence-electron chi connectivity index (χ3n) is 12.3. The lowest BCUT2D eigenvalue weighted by molar-refractivity contribution is -0.322. The van der Waals surface area contributed by atoms with Crippen molar-refractivity contribution in [2.45, 2.75) is 119 Å². The van der Waals surface area contributed by atoms with Gasteiger partial charge in [0.25, 0.3) is 0 Å². The highest BCUT2D eigenvalue weighted by molar-refractivity contribution is 5.85. The smallest absolute Gasteiger partial charge is 0.331 e. The summed E-state index contributed by atoms with van der Waals surface area (Å²) in [5, 5.41) is 57.0. The molecular formula is C30H44O11. The molecule has 5 N–H and O–H groups in total. The van der Waals surface area contributed by atoms with Crippen LogP contribution in [0.3, 0.4) is 0 Å². The summed E-state index contributed by atoms with van der Waals surface area (Å²) in [6, 6.07) is 0. The van der Waals surface area contributed by atoms with E-state index in [0.29, 0.717) is 32.1 Å². The molecular weight excluding hydrogens is 536 g/mol. The normalized spacial score (nSPS) is 54.9. The number of methoxy groups -OCH3 is 1. The third kappa shape index (κ3) is 4.00. The lowest BCUT2D eigenvalue weighted by atomic mass is 9.41. The minimum absolute atomic E-state index is 0.152. The van der Waals surface area contributed by atoms with Gasteiger partial charge < -0.3 is 49.3 Å². The summed E-state index contributed by atoms with van der Waals surface area (Å²) < 4.78 is 22.6. The first-order valence-corrected chi connectivity index (χ1v) is 15.0. The van der Waals surface area contributed by atoms with Gasteiger partial charge in [0.1, 0.15) is 31.2 Å². The zero-order valence-electron chi connectivity index (χ0n) is 24.0. The van der Waals surface area contributed by atoms with Gasteiger partial charge in [0.15, 0.2) is 6.29 Å². The number of aldehydes is 1. The van der Waals surface area contributed by atoms with E-state index in [0.717, 1.165) is 11.9 Å². The third-order valence-corrected chi connectivity index (χ3v) is 12.3. The Hall–Kier alpha value is -1.44. The largest absolute Gasteiger partial charge is 0.458 e. The Morgan fingerprint density at radius 3 is 2.46 bits per heavy atom. The van der Waals surface area contributed by atoms with Gasteiger partial charge in [-0.2, -0.15) is 0 Å². The van der Waals surface area contributed by atoms with E-state index >= 15 is 0 Å². The molecule has 0 unspecified atom stereocenters. The minimum Gasteiger partial charge on any atom is -0.458 e. The number of fused-ring (bicyclic) bond motifs is 5. The van der Waals surface area contributed by atoms with Gasteiger partial charge >= 0.3 is 5.97 Å². The highest BCUT2D eigenvalue weighted by atomic mass is 16.7. The average molecular weight is 581 g/mol. The fraction of sp³-hybridized carbons (Fsp3) is 0.867. The first-order chi connectivity index (χ1) is 19.3. The predicted molar refractivity (Wildman–Crippen MR) is 141 cm³/mol. The number of rotatable bonds is 5. The number of esters is 1. The molecule has 1 saturated heterocycles. The first kappa shape index (κ1) is 29.6. The van der Waals surface area contributed by atoms with Crippen molar-refractivity contribution in [2.75, 3.05) is 13.7 Å². The molecule has 4 aliphatic carbocycles. The summed E-state index contributed by atoms with van der Waals surface area (Å²) in [6.07, 6.45) is -1.06. The van der Waals surface area contributed by atoms with Gasteiger partial charge in [-0.1, -0.05) is 6.92 Å². The molecule has 0 radical (unpaired) electrons. The summed E-state index contributed by atoms with van der Waals surface area (Å²) in [5.41, 5.74) is -3.98. The van der Waals surface area contributed by atoms with Crippen molar-refractivity contribution in [1.82, 2.24) is 0 Å². The molecule has 0 amide bonds. The first-order valence-electron chi connectivity index (χ1n) is 15.0. The Bertz CT molecular complexity index is 1100. The van der Waals surface area contributed by atoms with E-state index in [1.807, 2.05) is 6.92 Å². The number of hydrogen-bond acceptors (Lipinski definition) is 11. The zero-order valence-corrected chi connectivity index (χ0v) is 24.0. The highest BCUT2D eigenvalue weighted by Gasteiger charge is 2.74. The van der Waals surface area contributed by atoms with Gasteiger partial charge in [-0.15, -0.1) is 0 Å². The molecule has 2 aliphatic heterocycles. The van der Waals surface area contributed by atoms with Gasteiger partial charge in [-0.25, -0.2) is 4.79 Å². The van der Waals surface area contributed by atoms with Crippen molar-refractivity contribution in [2.24, 2.45) is 28.6 Å². The standard InChI is InChI=1S/C30H44O11/c1-15-23(34)24(35)25(38-3)26(40-15)41-17-4-7-28(14-31)20-11-21(32)27(2)18(16-10-22(33)39-13-16)6-9-30(27,37)19(20)5-8-29(28,36)12-17/h10,14-15,17-21,23-26,32,34-37H,4-9,11-13H2,1-3H3/t15-,17+,18-,19-,20+,21-,23+,24-,25-,26+,27+,28+,29+,30+/m1/s1. The van der Waals surface area contributed by atoms with Crippen LogP contribution in [0.5, 0.6) is 0 Å². The molecule has 0 bridgehead atoms. The number of aliphatic hydroxyl groups is 5. The molecule has 14 atom stereocenters. The van der Waals surface area contributed by atoms with E-state index in [9.17, 15) is 35.1 Å². The number of aliphatic hydroxyl groups excluding tert-OH is 3. The Morgan fingerprint density at radius 2 is 1.80 bits per heavy atom. The van der Waals surface area contributed by atoms with Gasteiger partial charge in [-0.05, 0) is 75.2 Å². The van der Waals surface area contributed by atoms with Crippen LogP contribution in [0.15, 0.2) is 11.6 Å². The van der Waals surface area contributed by atoms with Gasteiger partial charge in [0.05, 0.1) is 34.9 Å². The second-order valence-electron chi connectivity index (χ2n) is 13.7. The van der Waals surface area contributed by atoms with Gasteiger partial charge in [0, 0.05) is 25.0 Å². The van der Waals surface area contributed by atoms with Crippen molar-refractivity contribution in [3.8, 4) is 0 Å². The number of carbonyl (C=O) groups is 2. The van der Waals surface area contributed by atoms with Crippen molar-refractivity contribution in [3.63, 3.8) is 0 Å². The Kier molecular flexibility index (Phi) is 7.26. The van der Waals surface area contributed by atoms with E-state index < -0.39 is 76.8 Å². The van der Waals surface area contributed by atoms with Crippen molar-refractivity contribution in [3.05, 3.63) is 11.6 Å². The molecule has 2 heterocycles. The van der Waals surface area contributed by atoms with Crippen LogP contribution in [0.25, 0.3) is 0 Å². The SMILES string of the molecule is CO[C@H]1[C@H](O[C@H]2CC[C@]3(C=O)[C@H]4C[C@@H](O)[C@]5(C)[C@@H](C6=CC(=O)OC6)CC[C@]5(O)[C@@H]4CC[C@]3(O)C2)O[C@H](C)[C@H](O)[C@H]1O. The maximum atomic E-state index is 13.1. The molecule has 5 fully saturated rings. The van der Waals surface area contributed by atoms with Crippen LogP contribution in [0, 0.1) is 28.6 Å². The maximum absolute atomic E-state index is 13.1. The number of carbonyl (C=O) groups excluding carboxylic acids is 2. The maximum Gasteiger partial charge on any atom is 0.331 e. The van der Waals surface area contributed by atoms with E-state index in [1.165, 1.54) is 13.2 Å². The Morgan fingerprint density at radius 1 is 1.05 bits per heavy atom. The summed E-state index contributed by atoms with van der Waals surface area (Å²) in [7, 11) is 1.40. The summed E-state index contributed by atoms with van der Waals surface area (Å²) in [6.45, 7) is 3.70. The van der Waals surface area contributed by atoms with E-state index in [-0.39, 0.29) is 37.7 Å². The van der Waals surface area contributed by atoms with E-state index in [2.05, 4.69) is 0 Å². The molecule has 0 aromatic heterocycles. The second kappa shape index (κ2) is 10.1. The molecule has 230 valence electrons. The summed E-state index contributed by atoms with van der Waals surface area (Å²) >= 11 is 0. The van der Waals surface area contributed by atoms with Crippen LogP contribution in [-0.4, -0.2) is 106 Å². The van der Waals surface area contributed by atoms with Crippen LogP contribution in [0.2, 0.25) is 0 Å². The van der Waals surface area contributed by atoms with E-state index in [1.54, 1.807) is 6.92 Å². The average Bonchev–Trinajstić information content (AvgIpc) is 3.48. The topological polar surface area (TPSA) is 172 Å². The fourth-order valence-corrected chi connectivity index (χ4v) is 9.98. The number of cyclic esters (lactones) is 1. The van der Waals surface area contributed by atoms with Crippen molar-refractivity contribution in [1.29, 1.82) is 0 Å².